The highest BCUT2D eigenvalue weighted by Crippen LogP contribution is 2.30. The first-order valence-corrected chi connectivity index (χ1v) is 8.51. The van der Waals surface area contributed by atoms with Gasteiger partial charge in [-0.2, -0.15) is 0 Å². The minimum atomic E-state index is 0.641. The summed E-state index contributed by atoms with van der Waals surface area (Å²) in [4.78, 5) is 8.96. The van der Waals surface area contributed by atoms with Crippen LogP contribution < -0.4 is 0 Å². The van der Waals surface area contributed by atoms with Crippen LogP contribution in [0.5, 0.6) is 0 Å². The molecule has 0 amide bonds. The van der Waals surface area contributed by atoms with Crippen molar-refractivity contribution in [1.29, 1.82) is 0 Å². The van der Waals surface area contributed by atoms with Crippen LogP contribution in [-0.4, -0.2) is 9.97 Å². The number of rotatable bonds is 2. The molecule has 26 heavy (non-hydrogen) atoms. The zero-order chi connectivity index (χ0) is 17.7. The maximum atomic E-state index is 6.02. The summed E-state index contributed by atoms with van der Waals surface area (Å²) in [5.74, 6) is 1.31. The number of aryl methyl sites for hydroxylation is 2. The molecule has 5 aromatic rings. The third-order valence-corrected chi connectivity index (χ3v) is 4.48. The molecule has 4 heteroatoms. The minimum Gasteiger partial charge on any atom is -0.441 e. The molecular formula is C22H16N2O2. The predicted octanol–water partition coefficient (Wildman–Crippen LogP) is 5.92. The monoisotopic (exact) mass is 340 g/mol. The van der Waals surface area contributed by atoms with E-state index in [0.29, 0.717) is 11.8 Å². The van der Waals surface area contributed by atoms with Gasteiger partial charge in [0, 0.05) is 12.5 Å². The molecule has 0 aliphatic rings. The van der Waals surface area contributed by atoms with E-state index in [4.69, 9.17) is 8.83 Å². The van der Waals surface area contributed by atoms with Crippen molar-refractivity contribution in [2.45, 2.75) is 13.8 Å². The van der Waals surface area contributed by atoms with E-state index in [2.05, 4.69) is 35.1 Å². The quantitative estimate of drug-likeness (QED) is 0.400. The Hall–Kier alpha value is -3.40. The highest BCUT2D eigenvalue weighted by Gasteiger charge is 2.11. The third-order valence-electron chi connectivity index (χ3n) is 4.48. The fourth-order valence-corrected chi connectivity index (χ4v) is 3.23. The van der Waals surface area contributed by atoms with Gasteiger partial charge in [0.1, 0.15) is 11.0 Å². The van der Waals surface area contributed by atoms with Crippen molar-refractivity contribution in [3.05, 3.63) is 72.1 Å². The van der Waals surface area contributed by atoms with Crippen molar-refractivity contribution in [2.24, 2.45) is 0 Å². The molecule has 0 bridgehead atoms. The van der Waals surface area contributed by atoms with Gasteiger partial charge in [-0.05, 0) is 54.4 Å². The van der Waals surface area contributed by atoms with Crippen LogP contribution in [0.4, 0.5) is 0 Å². The molecule has 2 heterocycles. The lowest BCUT2D eigenvalue weighted by Crippen LogP contribution is -1.79. The van der Waals surface area contributed by atoms with Gasteiger partial charge >= 0.3 is 0 Å². The number of oxazole rings is 2. The van der Waals surface area contributed by atoms with Gasteiger partial charge in [0.05, 0.1) is 0 Å². The molecule has 0 fully saturated rings. The maximum absolute atomic E-state index is 6.02. The molecule has 0 atom stereocenters. The molecular weight excluding hydrogens is 324 g/mol. The topological polar surface area (TPSA) is 52.1 Å². The zero-order valence-electron chi connectivity index (χ0n) is 14.5. The second kappa shape index (κ2) is 5.56. The van der Waals surface area contributed by atoms with Gasteiger partial charge < -0.3 is 8.83 Å². The lowest BCUT2D eigenvalue weighted by atomic mass is 10.1. The van der Waals surface area contributed by atoms with E-state index in [1.165, 1.54) is 5.56 Å². The third kappa shape index (κ3) is 2.47. The molecule has 3 aromatic carbocycles. The van der Waals surface area contributed by atoms with Gasteiger partial charge in [-0.3, -0.25) is 0 Å². The molecule has 4 nitrogen and oxygen atoms in total. The molecule has 0 N–H and O–H groups in total. The fourth-order valence-electron chi connectivity index (χ4n) is 3.23. The summed E-state index contributed by atoms with van der Waals surface area (Å²) in [6.45, 7) is 3.92. The van der Waals surface area contributed by atoms with Crippen LogP contribution in [0.2, 0.25) is 0 Å². The minimum absolute atomic E-state index is 0.641. The Balaban J connectivity index is 1.60. The van der Waals surface area contributed by atoms with Crippen molar-refractivity contribution in [2.75, 3.05) is 0 Å². The van der Waals surface area contributed by atoms with E-state index >= 15 is 0 Å². The molecule has 0 aliphatic heterocycles. The summed E-state index contributed by atoms with van der Waals surface area (Å²) in [5.41, 5.74) is 7.56. The van der Waals surface area contributed by atoms with Crippen molar-refractivity contribution < 1.29 is 8.83 Å². The van der Waals surface area contributed by atoms with Gasteiger partial charge in [-0.1, -0.05) is 29.8 Å². The summed E-state index contributed by atoms with van der Waals surface area (Å²) in [6, 6.07) is 20.3. The number of benzene rings is 3. The molecule has 5 rings (SSSR count). The first-order chi connectivity index (χ1) is 12.7. The highest BCUT2D eigenvalue weighted by atomic mass is 16.4. The van der Waals surface area contributed by atoms with Gasteiger partial charge in [-0.25, -0.2) is 9.97 Å². The average Bonchev–Trinajstić information content (AvgIpc) is 3.22. The van der Waals surface area contributed by atoms with Crippen molar-refractivity contribution in [1.82, 2.24) is 9.97 Å². The predicted molar refractivity (Wildman–Crippen MR) is 102 cm³/mol. The first kappa shape index (κ1) is 14.9. The van der Waals surface area contributed by atoms with Crippen LogP contribution >= 0.6 is 0 Å². The molecule has 0 saturated carbocycles. The Morgan fingerprint density at radius 1 is 0.654 bits per heavy atom. The van der Waals surface area contributed by atoms with Crippen molar-refractivity contribution in [3.8, 4) is 22.6 Å². The standard InChI is InChI=1S/C22H16N2O2/c1-13-4-3-5-17(10-13)22-24-19-9-7-16(12-21(19)26-22)15-6-8-18-20(11-15)25-14(2)23-18/h3-12H,1-2H3. The van der Waals surface area contributed by atoms with E-state index in [1.807, 2.05) is 49.4 Å². The molecule has 0 aliphatic carbocycles. The van der Waals surface area contributed by atoms with Crippen LogP contribution in [0.1, 0.15) is 11.5 Å². The van der Waals surface area contributed by atoms with Crippen LogP contribution in [0.3, 0.4) is 0 Å². The SMILES string of the molecule is Cc1cccc(-c2nc3ccc(-c4ccc5nc(C)oc5c4)cc3o2)c1. The van der Waals surface area contributed by atoms with Crippen molar-refractivity contribution in [3.63, 3.8) is 0 Å². The van der Waals surface area contributed by atoms with Crippen LogP contribution in [0, 0.1) is 13.8 Å². The Kier molecular flexibility index (Phi) is 3.19. The molecule has 0 unspecified atom stereocenters. The van der Waals surface area contributed by atoms with E-state index in [0.717, 1.165) is 38.9 Å². The second-order valence-electron chi connectivity index (χ2n) is 6.49. The highest BCUT2D eigenvalue weighted by molar-refractivity contribution is 5.85. The summed E-state index contributed by atoms with van der Waals surface area (Å²) in [7, 11) is 0. The Morgan fingerprint density at radius 3 is 2.08 bits per heavy atom. The second-order valence-corrected chi connectivity index (χ2v) is 6.49. The molecule has 2 aromatic heterocycles. The lowest BCUT2D eigenvalue weighted by molar-refractivity contribution is 0.561. The van der Waals surface area contributed by atoms with Gasteiger partial charge in [0.2, 0.25) is 5.89 Å². The number of aromatic nitrogens is 2. The number of fused-ring (bicyclic) bond motifs is 2. The zero-order valence-corrected chi connectivity index (χ0v) is 14.5. The maximum Gasteiger partial charge on any atom is 0.227 e. The summed E-state index contributed by atoms with van der Waals surface area (Å²) in [5, 5.41) is 0. The van der Waals surface area contributed by atoms with Crippen molar-refractivity contribution >= 4 is 22.2 Å². The number of hydrogen-bond acceptors (Lipinski definition) is 4. The normalized spacial score (nSPS) is 11.5. The van der Waals surface area contributed by atoms with E-state index in [1.54, 1.807) is 0 Å². The smallest absolute Gasteiger partial charge is 0.227 e. The molecule has 0 spiro atoms. The summed E-state index contributed by atoms with van der Waals surface area (Å²) < 4.78 is 11.7. The lowest BCUT2D eigenvalue weighted by Gasteiger charge is -2.00. The largest absolute Gasteiger partial charge is 0.441 e. The van der Waals surface area contributed by atoms with Gasteiger partial charge in [-0.15, -0.1) is 0 Å². The van der Waals surface area contributed by atoms with E-state index in [-0.39, 0.29) is 0 Å². The van der Waals surface area contributed by atoms with Crippen LogP contribution in [0.15, 0.2) is 69.5 Å². The first-order valence-electron chi connectivity index (χ1n) is 8.51. The molecule has 0 radical (unpaired) electrons. The van der Waals surface area contributed by atoms with Crippen LogP contribution in [0.25, 0.3) is 44.8 Å². The average molecular weight is 340 g/mol. The molecule has 126 valence electrons. The van der Waals surface area contributed by atoms with E-state index < -0.39 is 0 Å². The Morgan fingerprint density at radius 2 is 1.35 bits per heavy atom. The summed E-state index contributed by atoms with van der Waals surface area (Å²) in [6.07, 6.45) is 0. The number of nitrogens with zero attached hydrogens (tertiary/aromatic N) is 2. The Labute approximate surface area is 150 Å². The Bertz CT molecular complexity index is 1260. The van der Waals surface area contributed by atoms with Gasteiger partial charge in [0.15, 0.2) is 17.1 Å². The van der Waals surface area contributed by atoms with Gasteiger partial charge in [0.25, 0.3) is 0 Å². The summed E-state index contributed by atoms with van der Waals surface area (Å²) >= 11 is 0. The fraction of sp³-hybridized carbons (Fsp3) is 0.0909. The number of hydrogen-bond donors (Lipinski definition) is 0. The molecule has 0 saturated heterocycles. The van der Waals surface area contributed by atoms with Crippen LogP contribution in [-0.2, 0) is 0 Å². The van der Waals surface area contributed by atoms with E-state index in [9.17, 15) is 0 Å².